The average Bonchev–Trinajstić information content (AvgIpc) is 2.14. The molecule has 0 heterocycles. The number of benzene rings is 1. The molecule has 0 fully saturated rings. The molecule has 0 saturated carbocycles. The molecular formula is C8H7FNO4S2-. The van der Waals surface area contributed by atoms with E-state index < -0.39 is 25.3 Å². The second-order valence-electron chi connectivity index (χ2n) is 2.73. The number of hydrogen-bond donors (Lipinski definition) is 0. The first-order valence-corrected chi connectivity index (χ1v) is 6.69. The van der Waals surface area contributed by atoms with Crippen molar-refractivity contribution in [3.63, 3.8) is 0 Å². The molecule has 0 aliphatic rings. The van der Waals surface area contributed by atoms with Crippen molar-refractivity contribution < 1.29 is 20.7 Å². The number of rotatable bonds is 4. The van der Waals surface area contributed by atoms with Crippen molar-refractivity contribution in [2.24, 2.45) is 0 Å². The van der Waals surface area contributed by atoms with Crippen LogP contribution in [0.1, 0.15) is 5.56 Å². The molecule has 0 aliphatic heterocycles. The van der Waals surface area contributed by atoms with Gasteiger partial charge < -0.3 is 4.13 Å². The van der Waals surface area contributed by atoms with E-state index in [-0.39, 0.29) is 0 Å². The molecule has 16 heavy (non-hydrogen) atoms. The number of halogens is 1. The van der Waals surface area contributed by atoms with Crippen molar-refractivity contribution >= 4 is 26.5 Å². The topological polar surface area (TPSA) is 82.4 Å². The second kappa shape index (κ2) is 4.32. The highest BCUT2D eigenvalue weighted by atomic mass is 32.3. The Labute approximate surface area is 93.0 Å². The zero-order chi connectivity index (χ0) is 12.4. The van der Waals surface area contributed by atoms with Gasteiger partial charge in [0, 0.05) is 4.90 Å². The average molecular weight is 264 g/mol. The summed E-state index contributed by atoms with van der Waals surface area (Å²) in [5.74, 6) is 0. The van der Waals surface area contributed by atoms with Crippen LogP contribution in [0.15, 0.2) is 35.7 Å². The molecule has 0 aromatic heterocycles. The summed E-state index contributed by atoms with van der Waals surface area (Å²) >= 11 is 0. The minimum absolute atomic E-state index is 0.403. The largest absolute Gasteiger partial charge is 0.403 e. The van der Waals surface area contributed by atoms with Gasteiger partial charge >= 0.3 is 0 Å². The predicted molar refractivity (Wildman–Crippen MR) is 57.1 cm³/mol. The molecule has 0 N–H and O–H groups in total. The minimum atomic E-state index is -5.43. The fourth-order valence-corrected chi connectivity index (χ4v) is 2.70. The van der Waals surface area contributed by atoms with Crippen molar-refractivity contribution in [2.45, 2.75) is 4.90 Å². The standard InChI is InChI=1S/C8H7FNO4S2/c1-2-7-3-5-8(6-4-7)15(11,12)10-16(9,13)14/h2-6H,1H2/q-1. The molecule has 0 atom stereocenters. The molecule has 0 aliphatic carbocycles. The zero-order valence-corrected chi connectivity index (χ0v) is 9.50. The van der Waals surface area contributed by atoms with Crippen LogP contribution in [0.25, 0.3) is 10.2 Å². The first kappa shape index (κ1) is 12.8. The van der Waals surface area contributed by atoms with E-state index in [1.165, 1.54) is 18.2 Å². The van der Waals surface area contributed by atoms with Crippen LogP contribution < -0.4 is 0 Å². The lowest BCUT2D eigenvalue weighted by atomic mass is 10.2. The maximum absolute atomic E-state index is 12.1. The number of nitrogens with zero attached hydrogens (tertiary/aromatic N) is 1. The van der Waals surface area contributed by atoms with E-state index in [0.717, 1.165) is 12.1 Å². The summed E-state index contributed by atoms with van der Waals surface area (Å²) in [5, 5.41) is 0. The highest BCUT2D eigenvalue weighted by Gasteiger charge is 2.09. The molecule has 0 spiro atoms. The van der Waals surface area contributed by atoms with Crippen LogP contribution in [0.3, 0.4) is 0 Å². The lowest BCUT2D eigenvalue weighted by molar-refractivity contribution is 0.560. The molecule has 5 nitrogen and oxygen atoms in total. The van der Waals surface area contributed by atoms with Crippen LogP contribution in [0, 0.1) is 0 Å². The van der Waals surface area contributed by atoms with Crippen molar-refractivity contribution in [1.29, 1.82) is 0 Å². The minimum Gasteiger partial charge on any atom is -0.403 e. The van der Waals surface area contributed by atoms with Gasteiger partial charge in [-0.2, -0.15) is 0 Å². The van der Waals surface area contributed by atoms with E-state index in [1.54, 1.807) is 0 Å². The van der Waals surface area contributed by atoms with E-state index in [2.05, 4.69) is 10.7 Å². The quantitative estimate of drug-likeness (QED) is 0.773. The smallest absolute Gasteiger partial charge is 0.240 e. The van der Waals surface area contributed by atoms with Crippen molar-refractivity contribution in [1.82, 2.24) is 0 Å². The summed E-state index contributed by atoms with van der Waals surface area (Å²) in [7, 11) is -9.94. The predicted octanol–water partition coefficient (Wildman–Crippen LogP) is 1.61. The Hall–Kier alpha value is -1.25. The van der Waals surface area contributed by atoms with Crippen LogP contribution in [0.4, 0.5) is 3.89 Å². The lowest BCUT2D eigenvalue weighted by Crippen LogP contribution is -2.03. The molecule has 1 aromatic carbocycles. The Balaban J connectivity index is 3.13. The summed E-state index contributed by atoms with van der Waals surface area (Å²) in [4.78, 5) is -0.403. The highest BCUT2D eigenvalue weighted by Crippen LogP contribution is 2.21. The molecule has 0 bridgehead atoms. The third-order valence-electron chi connectivity index (χ3n) is 1.60. The summed E-state index contributed by atoms with van der Waals surface area (Å²) in [5.41, 5.74) is 0.641. The lowest BCUT2D eigenvalue weighted by Gasteiger charge is -2.14. The van der Waals surface area contributed by atoms with E-state index in [0.29, 0.717) is 5.56 Å². The normalized spacial score (nSPS) is 12.3. The van der Waals surface area contributed by atoms with Crippen LogP contribution in [-0.4, -0.2) is 16.8 Å². The van der Waals surface area contributed by atoms with E-state index in [1.807, 2.05) is 0 Å². The summed E-state index contributed by atoms with van der Waals surface area (Å²) in [6, 6.07) is 5.00. The third-order valence-corrected chi connectivity index (χ3v) is 3.97. The van der Waals surface area contributed by atoms with Gasteiger partial charge in [0.25, 0.3) is 0 Å². The van der Waals surface area contributed by atoms with Gasteiger partial charge in [0.2, 0.25) is 10.4 Å². The third kappa shape index (κ3) is 3.40. The maximum Gasteiger partial charge on any atom is 0.240 e. The Bertz CT molecular complexity index is 589. The van der Waals surface area contributed by atoms with Gasteiger partial charge in [-0.05, 0) is 17.7 Å². The molecule has 0 amide bonds. The Morgan fingerprint density at radius 2 is 1.62 bits per heavy atom. The van der Waals surface area contributed by atoms with Gasteiger partial charge in [0.15, 0.2) is 0 Å². The first-order chi connectivity index (χ1) is 7.24. The van der Waals surface area contributed by atoms with Gasteiger partial charge in [-0.3, -0.25) is 0 Å². The molecule has 1 rings (SSSR count). The molecular weight excluding hydrogens is 257 g/mol. The molecule has 0 saturated heterocycles. The molecule has 8 heteroatoms. The monoisotopic (exact) mass is 264 g/mol. The van der Waals surface area contributed by atoms with Crippen molar-refractivity contribution in [2.75, 3.05) is 0 Å². The Kier molecular flexibility index (Phi) is 3.46. The first-order valence-electron chi connectivity index (χ1n) is 3.91. The highest BCUT2D eigenvalue weighted by molar-refractivity contribution is 8.10. The van der Waals surface area contributed by atoms with Crippen LogP contribution >= 0.6 is 0 Å². The molecule has 0 radical (unpaired) electrons. The van der Waals surface area contributed by atoms with Gasteiger partial charge in [0.05, 0.1) is 0 Å². The molecule has 0 unspecified atom stereocenters. The van der Waals surface area contributed by atoms with E-state index >= 15 is 0 Å². The summed E-state index contributed by atoms with van der Waals surface area (Å²) in [6.45, 7) is 3.45. The van der Waals surface area contributed by atoms with Crippen molar-refractivity contribution in [3.05, 3.63) is 40.5 Å². The number of sulfonamides is 1. The summed E-state index contributed by atoms with van der Waals surface area (Å²) < 4.78 is 56.9. The molecule has 88 valence electrons. The van der Waals surface area contributed by atoms with Gasteiger partial charge in [-0.1, -0.05) is 24.8 Å². The van der Waals surface area contributed by atoms with Gasteiger partial charge in [0.1, 0.15) is 10.0 Å². The number of hydrogen-bond acceptors (Lipinski definition) is 4. The zero-order valence-electron chi connectivity index (χ0n) is 7.87. The fourth-order valence-electron chi connectivity index (χ4n) is 0.936. The Morgan fingerprint density at radius 1 is 1.12 bits per heavy atom. The maximum atomic E-state index is 12.1. The van der Waals surface area contributed by atoms with Crippen molar-refractivity contribution in [3.8, 4) is 0 Å². The van der Waals surface area contributed by atoms with E-state index in [9.17, 15) is 20.7 Å². The molecule has 1 aromatic rings. The Morgan fingerprint density at radius 3 is 2.00 bits per heavy atom. The van der Waals surface area contributed by atoms with Gasteiger partial charge in [-0.25, -0.2) is 16.8 Å². The van der Waals surface area contributed by atoms with Crippen LogP contribution in [-0.2, 0) is 20.4 Å². The summed E-state index contributed by atoms with van der Waals surface area (Å²) in [6.07, 6.45) is 1.47. The van der Waals surface area contributed by atoms with Crippen LogP contribution in [0.5, 0.6) is 0 Å². The fraction of sp³-hybridized carbons (Fsp3) is 0. The second-order valence-corrected chi connectivity index (χ2v) is 5.58. The van der Waals surface area contributed by atoms with Crippen LogP contribution in [0.2, 0.25) is 0 Å². The SMILES string of the molecule is C=Cc1ccc(S(=O)(=O)[N-]S(=O)(=O)F)cc1. The van der Waals surface area contributed by atoms with E-state index in [4.69, 9.17) is 0 Å². The van der Waals surface area contributed by atoms with Gasteiger partial charge in [-0.15, -0.1) is 3.89 Å².